The number of halogens is 1. The lowest BCUT2D eigenvalue weighted by Gasteiger charge is -2.20. The van der Waals surface area contributed by atoms with Crippen molar-refractivity contribution in [3.05, 3.63) is 28.5 Å². The number of aromatic nitrogens is 1. The maximum absolute atomic E-state index is 8.57. The molecule has 0 saturated carbocycles. The van der Waals surface area contributed by atoms with Crippen molar-refractivity contribution in [2.45, 2.75) is 19.9 Å². The summed E-state index contributed by atoms with van der Waals surface area (Å²) >= 11 is 3.35. The molecule has 0 amide bonds. The number of hydrogen-bond donors (Lipinski definition) is 2. The molecule has 0 spiro atoms. The molecule has 0 bridgehead atoms. The SMILES string of the molecule is CCCN(C/C(N)=N/O)Cc1ccc(Br)cn1. The van der Waals surface area contributed by atoms with E-state index in [9.17, 15) is 0 Å². The zero-order chi connectivity index (χ0) is 12.7. The Labute approximate surface area is 109 Å². The van der Waals surface area contributed by atoms with E-state index in [1.807, 2.05) is 12.1 Å². The summed E-state index contributed by atoms with van der Waals surface area (Å²) in [7, 11) is 0. The Bertz CT molecular complexity index is 366. The van der Waals surface area contributed by atoms with Crippen molar-refractivity contribution < 1.29 is 5.21 Å². The van der Waals surface area contributed by atoms with Gasteiger partial charge in [-0.3, -0.25) is 9.88 Å². The van der Waals surface area contributed by atoms with Crippen LogP contribution in [0.1, 0.15) is 19.0 Å². The van der Waals surface area contributed by atoms with E-state index in [4.69, 9.17) is 10.9 Å². The van der Waals surface area contributed by atoms with Crippen LogP contribution in [0.25, 0.3) is 0 Å². The van der Waals surface area contributed by atoms with E-state index in [0.717, 1.165) is 23.1 Å². The lowest BCUT2D eigenvalue weighted by molar-refractivity contribution is 0.283. The predicted molar refractivity (Wildman–Crippen MR) is 70.9 cm³/mol. The third-order valence-corrected chi connectivity index (χ3v) is 2.70. The Balaban J connectivity index is 2.62. The number of rotatable bonds is 6. The Kier molecular flexibility index (Phi) is 5.93. The average molecular weight is 301 g/mol. The van der Waals surface area contributed by atoms with E-state index in [2.05, 4.69) is 37.9 Å². The molecule has 5 nitrogen and oxygen atoms in total. The monoisotopic (exact) mass is 300 g/mol. The molecule has 3 N–H and O–H groups in total. The molecule has 6 heteroatoms. The van der Waals surface area contributed by atoms with Crippen LogP contribution in [0.2, 0.25) is 0 Å². The molecule has 0 aliphatic rings. The molecule has 1 heterocycles. The molecule has 0 atom stereocenters. The number of pyridine rings is 1. The van der Waals surface area contributed by atoms with Gasteiger partial charge in [-0.2, -0.15) is 0 Å². The van der Waals surface area contributed by atoms with Gasteiger partial charge >= 0.3 is 0 Å². The summed E-state index contributed by atoms with van der Waals surface area (Å²) in [5, 5.41) is 11.6. The van der Waals surface area contributed by atoms with E-state index in [1.165, 1.54) is 0 Å². The van der Waals surface area contributed by atoms with Gasteiger partial charge in [-0.25, -0.2) is 0 Å². The molecular weight excluding hydrogens is 284 g/mol. The minimum atomic E-state index is 0.218. The first-order chi connectivity index (χ1) is 8.15. The lowest BCUT2D eigenvalue weighted by atomic mass is 10.3. The first-order valence-corrected chi connectivity index (χ1v) is 6.24. The molecular formula is C11H17BrN4O. The van der Waals surface area contributed by atoms with Crippen molar-refractivity contribution in [3.63, 3.8) is 0 Å². The van der Waals surface area contributed by atoms with Gasteiger partial charge in [-0.1, -0.05) is 12.1 Å². The lowest BCUT2D eigenvalue weighted by Crippen LogP contribution is -2.34. The normalized spacial score (nSPS) is 12.1. The van der Waals surface area contributed by atoms with Gasteiger partial charge in [0.1, 0.15) is 0 Å². The van der Waals surface area contributed by atoms with Crippen molar-refractivity contribution in [2.24, 2.45) is 10.9 Å². The summed E-state index contributed by atoms with van der Waals surface area (Å²) < 4.78 is 0.958. The fraction of sp³-hybridized carbons (Fsp3) is 0.455. The van der Waals surface area contributed by atoms with E-state index in [0.29, 0.717) is 13.1 Å². The van der Waals surface area contributed by atoms with Crippen molar-refractivity contribution in [1.82, 2.24) is 9.88 Å². The maximum Gasteiger partial charge on any atom is 0.153 e. The van der Waals surface area contributed by atoms with Gasteiger partial charge in [0, 0.05) is 17.2 Å². The minimum absolute atomic E-state index is 0.218. The highest BCUT2D eigenvalue weighted by Crippen LogP contribution is 2.09. The fourth-order valence-electron chi connectivity index (χ4n) is 1.52. The van der Waals surface area contributed by atoms with Crippen LogP contribution < -0.4 is 5.73 Å². The number of hydrogen-bond acceptors (Lipinski definition) is 4. The highest BCUT2D eigenvalue weighted by molar-refractivity contribution is 9.10. The second kappa shape index (κ2) is 7.24. The molecule has 0 fully saturated rings. The second-order valence-corrected chi connectivity index (χ2v) is 4.69. The van der Waals surface area contributed by atoms with Crippen LogP contribution in [0.5, 0.6) is 0 Å². The highest BCUT2D eigenvalue weighted by Gasteiger charge is 2.08. The van der Waals surface area contributed by atoms with E-state index < -0.39 is 0 Å². The summed E-state index contributed by atoms with van der Waals surface area (Å²) in [6.45, 7) is 4.11. The van der Waals surface area contributed by atoms with E-state index in [1.54, 1.807) is 6.20 Å². The number of nitrogens with two attached hydrogens (primary N) is 1. The van der Waals surface area contributed by atoms with Gasteiger partial charge in [0.15, 0.2) is 5.84 Å². The molecule has 17 heavy (non-hydrogen) atoms. The van der Waals surface area contributed by atoms with Gasteiger partial charge in [0.05, 0.1) is 12.2 Å². The molecule has 0 unspecified atom stereocenters. The van der Waals surface area contributed by atoms with Crippen LogP contribution in [0.3, 0.4) is 0 Å². The van der Waals surface area contributed by atoms with E-state index >= 15 is 0 Å². The molecule has 0 saturated heterocycles. The molecule has 1 aromatic rings. The van der Waals surface area contributed by atoms with Gasteiger partial charge in [-0.15, -0.1) is 0 Å². The minimum Gasteiger partial charge on any atom is -0.409 e. The van der Waals surface area contributed by atoms with Gasteiger partial charge in [-0.05, 0) is 41.0 Å². The fourth-order valence-corrected chi connectivity index (χ4v) is 1.75. The summed E-state index contributed by atoms with van der Waals surface area (Å²) in [5.41, 5.74) is 6.48. The van der Waals surface area contributed by atoms with Crippen molar-refractivity contribution in [3.8, 4) is 0 Å². The van der Waals surface area contributed by atoms with Crippen molar-refractivity contribution in [2.75, 3.05) is 13.1 Å². The molecule has 1 aromatic heterocycles. The molecule has 0 radical (unpaired) electrons. The van der Waals surface area contributed by atoms with Crippen molar-refractivity contribution in [1.29, 1.82) is 0 Å². The van der Waals surface area contributed by atoms with Crippen LogP contribution in [-0.4, -0.2) is 34.0 Å². The third kappa shape index (κ3) is 5.14. The third-order valence-electron chi connectivity index (χ3n) is 2.23. The second-order valence-electron chi connectivity index (χ2n) is 3.77. The summed E-state index contributed by atoms with van der Waals surface area (Å²) in [6, 6.07) is 3.91. The molecule has 0 aliphatic heterocycles. The molecule has 1 rings (SSSR count). The number of nitrogens with zero attached hydrogens (tertiary/aromatic N) is 3. The summed E-state index contributed by atoms with van der Waals surface area (Å²) in [5.74, 6) is 0.218. The van der Waals surface area contributed by atoms with Crippen LogP contribution in [-0.2, 0) is 6.54 Å². The van der Waals surface area contributed by atoms with Crippen LogP contribution in [0.15, 0.2) is 28.0 Å². The Morgan fingerprint density at radius 2 is 2.35 bits per heavy atom. The standard InChI is InChI=1S/C11H17BrN4O/c1-2-5-16(8-11(13)15-17)7-10-4-3-9(12)6-14-10/h3-4,6,17H,2,5,7-8H2,1H3,(H2,13,15). The van der Waals surface area contributed by atoms with Gasteiger partial charge < -0.3 is 10.9 Å². The summed E-state index contributed by atoms with van der Waals surface area (Å²) in [6.07, 6.45) is 2.78. The Morgan fingerprint density at radius 3 is 2.88 bits per heavy atom. The average Bonchev–Trinajstić information content (AvgIpc) is 2.32. The quantitative estimate of drug-likeness (QED) is 0.364. The van der Waals surface area contributed by atoms with E-state index in [-0.39, 0.29) is 5.84 Å². The highest BCUT2D eigenvalue weighted by atomic mass is 79.9. The predicted octanol–water partition coefficient (Wildman–Crippen LogP) is 1.80. The molecule has 94 valence electrons. The molecule has 0 aromatic carbocycles. The topological polar surface area (TPSA) is 74.7 Å². The maximum atomic E-state index is 8.57. The Morgan fingerprint density at radius 1 is 1.59 bits per heavy atom. The van der Waals surface area contributed by atoms with Gasteiger partial charge in [0.25, 0.3) is 0 Å². The Hall–Kier alpha value is -1.14. The zero-order valence-corrected chi connectivity index (χ0v) is 11.4. The summed E-state index contributed by atoms with van der Waals surface area (Å²) in [4.78, 5) is 6.39. The first kappa shape index (κ1) is 13.9. The number of amidine groups is 1. The molecule has 0 aliphatic carbocycles. The smallest absolute Gasteiger partial charge is 0.153 e. The van der Waals surface area contributed by atoms with Crippen LogP contribution in [0, 0.1) is 0 Å². The van der Waals surface area contributed by atoms with Crippen LogP contribution in [0.4, 0.5) is 0 Å². The first-order valence-electron chi connectivity index (χ1n) is 5.45. The number of oxime groups is 1. The van der Waals surface area contributed by atoms with Crippen LogP contribution >= 0.6 is 15.9 Å². The largest absolute Gasteiger partial charge is 0.409 e. The van der Waals surface area contributed by atoms with Crippen molar-refractivity contribution >= 4 is 21.8 Å². The zero-order valence-electron chi connectivity index (χ0n) is 9.80. The van der Waals surface area contributed by atoms with Gasteiger partial charge in [0.2, 0.25) is 0 Å².